The van der Waals surface area contributed by atoms with Gasteiger partial charge in [0.05, 0.1) is 18.8 Å². The number of hydrogen-bond acceptors (Lipinski definition) is 3. The quantitative estimate of drug-likeness (QED) is 0.875. The minimum atomic E-state index is -0.284. The van der Waals surface area contributed by atoms with Gasteiger partial charge in [0.15, 0.2) is 0 Å². The molecule has 0 aliphatic heterocycles. The first-order valence-corrected chi connectivity index (χ1v) is 7.77. The van der Waals surface area contributed by atoms with Crippen LogP contribution in [0.4, 0.5) is 5.69 Å². The second kappa shape index (κ2) is 7.49. The number of carbonyl (C=O) groups excluding carboxylic acids is 2. The summed E-state index contributed by atoms with van der Waals surface area (Å²) in [5.41, 5.74) is 0.536. The van der Waals surface area contributed by atoms with Crippen LogP contribution in [0.15, 0.2) is 18.2 Å². The first kappa shape index (κ1) is 16.6. The number of ether oxygens (including phenoxy) is 1. The van der Waals surface area contributed by atoms with Gasteiger partial charge in [0.25, 0.3) is 0 Å². The lowest BCUT2D eigenvalue weighted by Crippen LogP contribution is -2.33. The fourth-order valence-electron chi connectivity index (χ4n) is 2.11. The van der Waals surface area contributed by atoms with E-state index in [0.29, 0.717) is 29.0 Å². The van der Waals surface area contributed by atoms with Crippen LogP contribution in [0.2, 0.25) is 5.02 Å². The van der Waals surface area contributed by atoms with Crippen LogP contribution in [0.5, 0.6) is 5.75 Å². The second-order valence-electron chi connectivity index (χ2n) is 5.67. The van der Waals surface area contributed by atoms with Crippen LogP contribution in [0, 0.1) is 5.92 Å². The number of benzene rings is 1. The topological polar surface area (TPSA) is 58.6 Å². The van der Waals surface area contributed by atoms with E-state index >= 15 is 0 Å². The molecule has 0 heterocycles. The summed E-state index contributed by atoms with van der Waals surface area (Å²) in [6.07, 6.45) is 3.65. The number of amides is 2. The van der Waals surface area contributed by atoms with Crippen molar-refractivity contribution in [1.82, 2.24) is 4.90 Å². The maximum absolute atomic E-state index is 12.0. The van der Waals surface area contributed by atoms with E-state index in [9.17, 15) is 9.59 Å². The molecule has 0 spiro atoms. The van der Waals surface area contributed by atoms with Gasteiger partial charge in [0.2, 0.25) is 11.8 Å². The van der Waals surface area contributed by atoms with Crippen LogP contribution in [0.3, 0.4) is 0 Å². The van der Waals surface area contributed by atoms with E-state index in [1.807, 2.05) is 0 Å². The molecular weight excluding hydrogens is 304 g/mol. The fourth-order valence-corrected chi connectivity index (χ4v) is 2.28. The molecule has 120 valence electrons. The number of nitrogens with one attached hydrogen (secondary N) is 1. The Hall–Kier alpha value is -1.75. The van der Waals surface area contributed by atoms with Crippen LogP contribution >= 0.6 is 11.6 Å². The molecule has 2 amide bonds. The Morgan fingerprint density at radius 1 is 1.41 bits per heavy atom. The van der Waals surface area contributed by atoms with Crippen LogP contribution in [0.25, 0.3) is 0 Å². The van der Waals surface area contributed by atoms with Crippen molar-refractivity contribution >= 4 is 29.1 Å². The third-order valence-electron chi connectivity index (χ3n) is 3.83. The number of halogens is 1. The fraction of sp³-hybridized carbons (Fsp3) is 0.500. The van der Waals surface area contributed by atoms with E-state index in [1.54, 1.807) is 25.2 Å². The summed E-state index contributed by atoms with van der Waals surface area (Å²) in [4.78, 5) is 24.5. The Morgan fingerprint density at radius 3 is 2.73 bits per heavy atom. The number of anilines is 1. The highest BCUT2D eigenvalue weighted by Crippen LogP contribution is 2.31. The highest BCUT2D eigenvalue weighted by molar-refractivity contribution is 6.31. The predicted molar refractivity (Wildman–Crippen MR) is 86.2 cm³/mol. The lowest BCUT2D eigenvalue weighted by Gasteiger charge is -2.25. The average molecular weight is 325 g/mol. The summed E-state index contributed by atoms with van der Waals surface area (Å²) in [6, 6.07) is 5.14. The highest BCUT2D eigenvalue weighted by Gasteiger charge is 2.19. The number of likely N-dealkylation sites (N-methyl/N-ethyl adjacent to an activating group) is 1. The first-order chi connectivity index (χ1) is 10.5. The molecular formula is C16H21ClN2O3. The summed E-state index contributed by atoms with van der Waals surface area (Å²) >= 11 is 5.99. The maximum Gasteiger partial charge on any atom is 0.244 e. The average Bonchev–Trinajstić information content (AvgIpc) is 2.39. The lowest BCUT2D eigenvalue weighted by molar-refractivity contribution is -0.131. The van der Waals surface area contributed by atoms with E-state index in [-0.39, 0.29) is 18.4 Å². The molecule has 0 unspecified atom stereocenters. The van der Waals surface area contributed by atoms with Crippen LogP contribution in [0.1, 0.15) is 26.2 Å². The monoisotopic (exact) mass is 324 g/mol. The van der Waals surface area contributed by atoms with E-state index < -0.39 is 0 Å². The van der Waals surface area contributed by atoms with Gasteiger partial charge in [-0.25, -0.2) is 0 Å². The van der Waals surface area contributed by atoms with Gasteiger partial charge in [-0.1, -0.05) is 18.0 Å². The largest absolute Gasteiger partial charge is 0.491 e. The van der Waals surface area contributed by atoms with Crippen molar-refractivity contribution < 1.29 is 14.3 Å². The molecule has 0 saturated heterocycles. The van der Waals surface area contributed by atoms with Gasteiger partial charge >= 0.3 is 0 Å². The van der Waals surface area contributed by atoms with Gasteiger partial charge in [-0.2, -0.15) is 0 Å². The summed E-state index contributed by atoms with van der Waals surface area (Å²) < 4.78 is 5.80. The zero-order valence-electron chi connectivity index (χ0n) is 12.9. The maximum atomic E-state index is 12.0. The van der Waals surface area contributed by atoms with Crippen molar-refractivity contribution in [1.29, 1.82) is 0 Å². The Labute approximate surface area is 135 Å². The van der Waals surface area contributed by atoms with Gasteiger partial charge in [0.1, 0.15) is 5.75 Å². The van der Waals surface area contributed by atoms with Gasteiger partial charge in [-0.05, 0) is 37.0 Å². The molecule has 1 N–H and O–H groups in total. The molecule has 1 saturated carbocycles. The minimum absolute atomic E-state index is 0.0100. The molecule has 0 atom stereocenters. The van der Waals surface area contributed by atoms with Crippen molar-refractivity contribution in [3.05, 3.63) is 23.2 Å². The zero-order valence-corrected chi connectivity index (χ0v) is 13.7. The first-order valence-electron chi connectivity index (χ1n) is 7.39. The van der Waals surface area contributed by atoms with Crippen LogP contribution in [-0.4, -0.2) is 36.9 Å². The highest BCUT2D eigenvalue weighted by atomic mass is 35.5. The molecule has 0 aromatic heterocycles. The molecule has 1 aromatic rings. The second-order valence-corrected chi connectivity index (χ2v) is 6.11. The molecule has 1 aliphatic rings. The summed E-state index contributed by atoms with van der Waals surface area (Å²) in [6.45, 7) is 2.06. The molecule has 1 aromatic carbocycles. The molecule has 1 aliphatic carbocycles. The third kappa shape index (κ3) is 4.63. The van der Waals surface area contributed by atoms with Crippen molar-refractivity contribution in [3.8, 4) is 5.75 Å². The summed E-state index contributed by atoms with van der Waals surface area (Å²) in [5, 5.41) is 3.27. The predicted octanol–water partition coefficient (Wildman–Crippen LogP) is 2.94. The number of carbonyl (C=O) groups is 2. The van der Waals surface area contributed by atoms with Crippen molar-refractivity contribution in [2.75, 3.05) is 25.5 Å². The van der Waals surface area contributed by atoms with Gasteiger partial charge in [-0.3, -0.25) is 9.59 Å². The van der Waals surface area contributed by atoms with Gasteiger partial charge in [-0.15, -0.1) is 0 Å². The molecule has 1 fully saturated rings. The zero-order chi connectivity index (χ0) is 16.1. The molecule has 22 heavy (non-hydrogen) atoms. The Morgan fingerprint density at radius 2 is 2.14 bits per heavy atom. The minimum Gasteiger partial charge on any atom is -0.491 e. The molecule has 2 rings (SSSR count). The van der Waals surface area contributed by atoms with E-state index in [4.69, 9.17) is 16.3 Å². The smallest absolute Gasteiger partial charge is 0.244 e. The van der Waals surface area contributed by atoms with Crippen molar-refractivity contribution in [2.24, 2.45) is 5.92 Å². The molecule has 5 nitrogen and oxygen atoms in total. The van der Waals surface area contributed by atoms with Crippen molar-refractivity contribution in [2.45, 2.75) is 26.2 Å². The normalized spacial score (nSPS) is 14.1. The summed E-state index contributed by atoms with van der Waals surface area (Å²) in [5.74, 6) is 0.759. The standard InChI is InChI=1S/C16H21ClN2O3/c1-11(20)19(2)9-16(21)18-14-8-13(17)6-7-15(14)22-10-12-4-3-5-12/h6-8,12H,3-5,9-10H2,1-2H3,(H,18,21). The van der Waals surface area contributed by atoms with Gasteiger partial charge in [0, 0.05) is 19.0 Å². The lowest BCUT2D eigenvalue weighted by atomic mass is 9.86. The summed E-state index contributed by atoms with van der Waals surface area (Å²) in [7, 11) is 1.58. The van der Waals surface area contributed by atoms with E-state index in [2.05, 4.69) is 5.32 Å². The molecule has 0 radical (unpaired) electrons. The Bertz CT molecular complexity index is 558. The van der Waals surface area contributed by atoms with Gasteiger partial charge < -0.3 is 15.0 Å². The van der Waals surface area contributed by atoms with E-state index in [0.717, 1.165) is 0 Å². The Kier molecular flexibility index (Phi) is 5.66. The van der Waals surface area contributed by atoms with Crippen LogP contribution in [-0.2, 0) is 9.59 Å². The van der Waals surface area contributed by atoms with E-state index in [1.165, 1.54) is 31.1 Å². The third-order valence-corrected chi connectivity index (χ3v) is 4.07. The molecule has 6 heteroatoms. The SMILES string of the molecule is CC(=O)N(C)CC(=O)Nc1cc(Cl)ccc1OCC1CCC1. The van der Waals surface area contributed by atoms with Crippen LogP contribution < -0.4 is 10.1 Å². The molecule has 0 bridgehead atoms. The number of rotatable bonds is 6. The van der Waals surface area contributed by atoms with Crippen molar-refractivity contribution in [3.63, 3.8) is 0 Å². The Balaban J connectivity index is 1.99. The number of nitrogens with zero attached hydrogens (tertiary/aromatic N) is 1. The number of hydrogen-bond donors (Lipinski definition) is 1.